The smallest absolute Gasteiger partial charge is 0.141 e. The van der Waals surface area contributed by atoms with Crippen molar-refractivity contribution in [3.8, 4) is 0 Å². The zero-order valence-corrected chi connectivity index (χ0v) is 14.4. The summed E-state index contributed by atoms with van der Waals surface area (Å²) in [6, 6.07) is 0. The predicted octanol–water partition coefficient (Wildman–Crippen LogP) is 6.35. The summed E-state index contributed by atoms with van der Waals surface area (Å²) in [5.41, 5.74) is 0.428. The van der Waals surface area contributed by atoms with Gasteiger partial charge in [0.1, 0.15) is 3.14 Å². The van der Waals surface area contributed by atoms with E-state index in [-0.39, 0.29) is 10.8 Å². The van der Waals surface area contributed by atoms with Gasteiger partial charge in [0.15, 0.2) is 0 Å². The highest BCUT2D eigenvalue weighted by Gasteiger charge is 2.28. The molecule has 4 heteroatoms. The van der Waals surface area contributed by atoms with E-state index in [9.17, 15) is 0 Å². The van der Waals surface area contributed by atoms with Crippen LogP contribution in [-0.4, -0.2) is 0 Å². The molecule has 94 valence electrons. The topological polar surface area (TPSA) is 0 Å². The van der Waals surface area contributed by atoms with Crippen molar-refractivity contribution in [2.45, 2.75) is 52.4 Å². The lowest BCUT2D eigenvalue weighted by molar-refractivity contribution is 0.605. The Kier molecular flexibility index (Phi) is 3.31. The standard InChI is InChI=1S/C13H18S4/c1-12(2,3)9-7-8(16-11(14)15-7)10(17-9)13(4,5)6/h1-6H3. The van der Waals surface area contributed by atoms with E-state index in [1.54, 1.807) is 22.7 Å². The zero-order valence-electron chi connectivity index (χ0n) is 11.1. The van der Waals surface area contributed by atoms with Crippen LogP contribution in [0.1, 0.15) is 51.3 Å². The van der Waals surface area contributed by atoms with Gasteiger partial charge >= 0.3 is 0 Å². The second kappa shape index (κ2) is 4.12. The molecule has 0 radical (unpaired) electrons. The molecule has 0 N–H and O–H groups in total. The van der Waals surface area contributed by atoms with Crippen molar-refractivity contribution in [1.82, 2.24) is 0 Å². The quantitative estimate of drug-likeness (QED) is 0.511. The molecule has 0 unspecified atom stereocenters. The van der Waals surface area contributed by atoms with E-state index in [4.69, 9.17) is 12.2 Å². The monoisotopic (exact) mass is 302 g/mol. The van der Waals surface area contributed by atoms with Gasteiger partial charge in [-0.25, -0.2) is 0 Å². The number of rotatable bonds is 0. The van der Waals surface area contributed by atoms with Crippen molar-refractivity contribution in [3.05, 3.63) is 12.9 Å². The van der Waals surface area contributed by atoms with Crippen LogP contribution in [0.4, 0.5) is 0 Å². The van der Waals surface area contributed by atoms with Crippen LogP contribution in [0.2, 0.25) is 0 Å². The van der Waals surface area contributed by atoms with E-state index in [1.165, 1.54) is 19.2 Å². The Bertz CT molecular complexity index is 546. The number of hydrogen-bond acceptors (Lipinski definition) is 4. The van der Waals surface area contributed by atoms with Crippen molar-refractivity contribution in [1.29, 1.82) is 0 Å². The summed E-state index contributed by atoms with van der Waals surface area (Å²) in [7, 11) is 0. The Labute approximate surface area is 120 Å². The van der Waals surface area contributed by atoms with Gasteiger partial charge in [0.05, 0.1) is 9.40 Å². The van der Waals surface area contributed by atoms with Gasteiger partial charge in [-0.15, -0.1) is 34.0 Å². The number of thiophene rings is 1. The normalized spacial score (nSPS) is 13.5. The van der Waals surface area contributed by atoms with Crippen molar-refractivity contribution < 1.29 is 0 Å². The Morgan fingerprint density at radius 1 is 0.706 bits per heavy atom. The summed E-state index contributed by atoms with van der Waals surface area (Å²) in [6.45, 7) is 13.7. The van der Waals surface area contributed by atoms with Crippen molar-refractivity contribution >= 4 is 55.6 Å². The third kappa shape index (κ3) is 2.50. The molecule has 0 aliphatic rings. The van der Waals surface area contributed by atoms with E-state index in [2.05, 4.69) is 41.5 Å². The average molecular weight is 303 g/mol. The minimum Gasteiger partial charge on any atom is -0.141 e. The van der Waals surface area contributed by atoms with E-state index in [1.807, 2.05) is 11.3 Å². The lowest BCUT2D eigenvalue weighted by Crippen LogP contribution is -2.10. The predicted molar refractivity (Wildman–Crippen MR) is 85.8 cm³/mol. The van der Waals surface area contributed by atoms with Crippen LogP contribution < -0.4 is 0 Å². The van der Waals surface area contributed by atoms with Gasteiger partial charge in [-0.05, 0) is 10.8 Å². The first-order valence-corrected chi connectivity index (χ1v) is 8.54. The summed E-state index contributed by atoms with van der Waals surface area (Å²) in [6.07, 6.45) is 0. The van der Waals surface area contributed by atoms with Crippen LogP contribution in [0, 0.1) is 3.14 Å². The van der Waals surface area contributed by atoms with Crippen molar-refractivity contribution in [2.75, 3.05) is 0 Å². The van der Waals surface area contributed by atoms with Crippen LogP contribution in [-0.2, 0) is 10.8 Å². The second-order valence-corrected chi connectivity index (χ2v) is 10.6. The van der Waals surface area contributed by atoms with Gasteiger partial charge in [-0.2, -0.15) is 0 Å². The van der Waals surface area contributed by atoms with E-state index >= 15 is 0 Å². The molecular weight excluding hydrogens is 284 g/mol. The van der Waals surface area contributed by atoms with Crippen LogP contribution in [0.3, 0.4) is 0 Å². The van der Waals surface area contributed by atoms with E-state index in [0.717, 1.165) is 3.14 Å². The van der Waals surface area contributed by atoms with Crippen LogP contribution in [0.15, 0.2) is 0 Å². The zero-order chi connectivity index (χ0) is 13.0. The van der Waals surface area contributed by atoms with Gasteiger partial charge in [0, 0.05) is 9.75 Å². The molecule has 0 nitrogen and oxygen atoms in total. The lowest BCUT2D eigenvalue weighted by atomic mass is 9.93. The summed E-state index contributed by atoms with van der Waals surface area (Å²) >= 11 is 10.9. The molecule has 0 saturated heterocycles. The molecule has 0 atom stereocenters. The molecule has 0 saturated carbocycles. The van der Waals surface area contributed by atoms with Crippen molar-refractivity contribution in [3.63, 3.8) is 0 Å². The van der Waals surface area contributed by atoms with Gasteiger partial charge in [-0.1, -0.05) is 53.8 Å². The Morgan fingerprint density at radius 2 is 1.06 bits per heavy atom. The minimum atomic E-state index is 0.214. The first-order chi connectivity index (χ1) is 7.60. The number of hydrogen-bond donors (Lipinski definition) is 0. The molecule has 17 heavy (non-hydrogen) atoms. The second-order valence-electron chi connectivity index (χ2n) is 6.37. The molecule has 2 rings (SSSR count). The Balaban J connectivity index is 2.84. The summed E-state index contributed by atoms with van der Waals surface area (Å²) in [5.74, 6) is 0. The molecule has 2 aromatic rings. The fourth-order valence-corrected chi connectivity index (χ4v) is 6.53. The van der Waals surface area contributed by atoms with Crippen LogP contribution in [0.5, 0.6) is 0 Å². The SMILES string of the molecule is CC(C)(C)c1sc(C(C)(C)C)c2sc(=S)sc12. The first kappa shape index (κ1) is 13.7. The van der Waals surface area contributed by atoms with E-state index < -0.39 is 0 Å². The maximum atomic E-state index is 5.37. The number of fused-ring (bicyclic) bond motifs is 1. The minimum absolute atomic E-state index is 0.214. The fraction of sp³-hybridized carbons (Fsp3) is 0.615. The molecular formula is C13H18S4. The highest BCUT2D eigenvalue weighted by atomic mass is 32.2. The molecule has 0 aromatic carbocycles. The first-order valence-electron chi connectivity index (χ1n) is 5.68. The highest BCUT2D eigenvalue weighted by Crippen LogP contribution is 2.48. The summed E-state index contributed by atoms with van der Waals surface area (Å²) in [5, 5.41) is 0. The molecule has 0 spiro atoms. The van der Waals surface area contributed by atoms with Gasteiger partial charge in [-0.3, -0.25) is 0 Å². The van der Waals surface area contributed by atoms with E-state index in [0.29, 0.717) is 0 Å². The third-order valence-electron chi connectivity index (χ3n) is 2.56. The third-order valence-corrected chi connectivity index (χ3v) is 7.54. The molecule has 0 aliphatic heterocycles. The molecule has 2 aromatic heterocycles. The molecule has 0 fully saturated rings. The molecule has 0 bridgehead atoms. The fourth-order valence-electron chi connectivity index (χ4n) is 1.76. The summed E-state index contributed by atoms with van der Waals surface area (Å²) in [4.78, 5) is 2.99. The highest BCUT2D eigenvalue weighted by molar-refractivity contribution is 7.77. The maximum Gasteiger partial charge on any atom is 0.144 e. The van der Waals surface area contributed by atoms with Gasteiger partial charge in [0.25, 0.3) is 0 Å². The average Bonchev–Trinajstić information content (AvgIpc) is 2.55. The molecule has 2 heterocycles. The van der Waals surface area contributed by atoms with Crippen LogP contribution in [0.25, 0.3) is 9.40 Å². The molecule has 0 aliphatic carbocycles. The van der Waals surface area contributed by atoms with Crippen LogP contribution >= 0.6 is 46.2 Å². The van der Waals surface area contributed by atoms with Gasteiger partial charge < -0.3 is 0 Å². The van der Waals surface area contributed by atoms with Gasteiger partial charge in [0.2, 0.25) is 0 Å². The molecule has 0 amide bonds. The summed E-state index contributed by atoms with van der Waals surface area (Å²) < 4.78 is 3.92. The van der Waals surface area contributed by atoms with Crippen molar-refractivity contribution in [2.24, 2.45) is 0 Å². The lowest BCUT2D eigenvalue weighted by Gasteiger charge is -2.18. The maximum absolute atomic E-state index is 5.37. The largest absolute Gasteiger partial charge is 0.144 e. The Hall–Kier alpha value is 0.230. The Morgan fingerprint density at radius 3 is 1.35 bits per heavy atom.